The van der Waals surface area contributed by atoms with E-state index in [9.17, 15) is 4.79 Å². The van der Waals surface area contributed by atoms with E-state index in [-0.39, 0.29) is 5.54 Å². The van der Waals surface area contributed by atoms with Crippen molar-refractivity contribution >= 4 is 5.91 Å². The zero-order valence-corrected chi connectivity index (χ0v) is 13.8. The number of nitrogens with zero attached hydrogens (tertiary/aromatic N) is 2. The third-order valence-corrected chi connectivity index (χ3v) is 5.56. The van der Waals surface area contributed by atoms with Crippen LogP contribution in [0.1, 0.15) is 64.2 Å². The number of nitrogens with two attached hydrogens (primary N) is 1. The van der Waals surface area contributed by atoms with E-state index in [1.54, 1.807) is 0 Å². The van der Waals surface area contributed by atoms with Crippen molar-refractivity contribution in [3.05, 3.63) is 0 Å². The fourth-order valence-corrected chi connectivity index (χ4v) is 3.92. The van der Waals surface area contributed by atoms with Gasteiger partial charge in [0.05, 0.1) is 6.54 Å². The number of rotatable bonds is 4. The Bertz CT molecular complexity index is 316. The molecule has 0 aromatic heterocycles. The first kappa shape index (κ1) is 16.8. The standard InChI is InChI=1S/C17H33N3O/c1-19(17(15-18)10-6-2-3-7-11-17)14-16(21)20-12-8-4-5-9-13-20/h2-15,18H2,1H3. The highest BCUT2D eigenvalue weighted by atomic mass is 16.2. The van der Waals surface area contributed by atoms with Crippen LogP contribution >= 0.6 is 0 Å². The minimum absolute atomic E-state index is 0.0536. The molecule has 1 heterocycles. The Morgan fingerprint density at radius 2 is 1.52 bits per heavy atom. The lowest BCUT2D eigenvalue weighted by molar-refractivity contribution is -0.133. The predicted octanol–water partition coefficient (Wildman–Crippen LogP) is 2.37. The van der Waals surface area contributed by atoms with E-state index in [0.717, 1.165) is 38.8 Å². The molecule has 2 aliphatic rings. The largest absolute Gasteiger partial charge is 0.342 e. The highest BCUT2D eigenvalue weighted by Crippen LogP contribution is 2.31. The molecule has 0 aromatic rings. The Hall–Kier alpha value is -0.610. The van der Waals surface area contributed by atoms with Crippen molar-refractivity contribution in [1.29, 1.82) is 0 Å². The molecule has 1 amide bonds. The minimum Gasteiger partial charge on any atom is -0.342 e. The summed E-state index contributed by atoms with van der Waals surface area (Å²) in [7, 11) is 2.11. The molecular weight excluding hydrogens is 262 g/mol. The van der Waals surface area contributed by atoms with Gasteiger partial charge in [0.2, 0.25) is 5.91 Å². The number of likely N-dealkylation sites (N-methyl/N-ethyl adjacent to an activating group) is 1. The van der Waals surface area contributed by atoms with Gasteiger partial charge < -0.3 is 10.6 Å². The van der Waals surface area contributed by atoms with Crippen molar-refractivity contribution < 1.29 is 4.79 Å². The molecule has 1 saturated heterocycles. The van der Waals surface area contributed by atoms with Gasteiger partial charge >= 0.3 is 0 Å². The van der Waals surface area contributed by atoms with Crippen molar-refractivity contribution in [3.63, 3.8) is 0 Å². The molecule has 1 aliphatic heterocycles. The van der Waals surface area contributed by atoms with Crippen LogP contribution in [0.5, 0.6) is 0 Å². The molecule has 4 heteroatoms. The number of likely N-dealkylation sites (tertiary alicyclic amines) is 1. The zero-order chi connectivity index (χ0) is 15.1. The summed E-state index contributed by atoms with van der Waals surface area (Å²) in [6.45, 7) is 3.11. The number of hydrogen-bond donors (Lipinski definition) is 1. The van der Waals surface area contributed by atoms with E-state index in [4.69, 9.17) is 5.73 Å². The molecule has 0 atom stereocenters. The van der Waals surface area contributed by atoms with Crippen molar-refractivity contribution in [1.82, 2.24) is 9.80 Å². The number of hydrogen-bond acceptors (Lipinski definition) is 3. The van der Waals surface area contributed by atoms with Gasteiger partial charge in [0.25, 0.3) is 0 Å². The van der Waals surface area contributed by atoms with Crippen LogP contribution in [0.25, 0.3) is 0 Å². The maximum atomic E-state index is 12.6. The number of carbonyl (C=O) groups excluding carboxylic acids is 1. The second-order valence-corrected chi connectivity index (χ2v) is 6.99. The maximum absolute atomic E-state index is 12.6. The Morgan fingerprint density at radius 1 is 1.00 bits per heavy atom. The van der Waals surface area contributed by atoms with Crippen LogP contribution in [0.15, 0.2) is 0 Å². The van der Waals surface area contributed by atoms with E-state index in [1.807, 2.05) is 0 Å². The highest BCUT2D eigenvalue weighted by molar-refractivity contribution is 5.78. The van der Waals surface area contributed by atoms with Gasteiger partial charge in [-0.15, -0.1) is 0 Å². The van der Waals surface area contributed by atoms with Gasteiger partial charge in [0.15, 0.2) is 0 Å². The molecule has 0 radical (unpaired) electrons. The fraction of sp³-hybridized carbons (Fsp3) is 0.941. The van der Waals surface area contributed by atoms with Gasteiger partial charge in [0.1, 0.15) is 0 Å². The Labute approximate surface area is 130 Å². The summed E-state index contributed by atoms with van der Waals surface area (Å²) in [5.41, 5.74) is 6.17. The molecule has 1 saturated carbocycles. The smallest absolute Gasteiger partial charge is 0.236 e. The lowest BCUT2D eigenvalue weighted by Gasteiger charge is -2.41. The van der Waals surface area contributed by atoms with Gasteiger partial charge in [-0.1, -0.05) is 38.5 Å². The molecule has 2 rings (SSSR count). The third kappa shape index (κ3) is 4.43. The first-order chi connectivity index (χ1) is 10.2. The summed E-state index contributed by atoms with van der Waals surface area (Å²) in [6, 6.07) is 0. The SMILES string of the molecule is CN(CC(=O)N1CCCCCC1)C1(CN)CCCCCC1. The fourth-order valence-electron chi connectivity index (χ4n) is 3.92. The molecule has 2 N–H and O–H groups in total. The maximum Gasteiger partial charge on any atom is 0.236 e. The van der Waals surface area contributed by atoms with Gasteiger partial charge in [-0.05, 0) is 32.7 Å². The average Bonchev–Trinajstić information content (AvgIpc) is 2.90. The summed E-state index contributed by atoms with van der Waals surface area (Å²) < 4.78 is 0. The minimum atomic E-state index is 0.0536. The average molecular weight is 295 g/mol. The molecule has 2 fully saturated rings. The van der Waals surface area contributed by atoms with E-state index in [1.165, 1.54) is 38.5 Å². The first-order valence-electron chi connectivity index (χ1n) is 8.87. The molecule has 0 unspecified atom stereocenters. The van der Waals surface area contributed by atoms with E-state index in [2.05, 4.69) is 16.8 Å². The van der Waals surface area contributed by atoms with E-state index >= 15 is 0 Å². The van der Waals surface area contributed by atoms with Crippen LogP contribution in [0, 0.1) is 0 Å². The second kappa shape index (κ2) is 8.14. The zero-order valence-electron chi connectivity index (χ0n) is 13.8. The van der Waals surface area contributed by atoms with Crippen LogP contribution in [-0.4, -0.2) is 54.5 Å². The van der Waals surface area contributed by atoms with Gasteiger partial charge in [-0.25, -0.2) is 0 Å². The molecule has 0 aromatic carbocycles. The van der Waals surface area contributed by atoms with Crippen molar-refractivity contribution in [2.75, 3.05) is 33.2 Å². The summed E-state index contributed by atoms with van der Waals surface area (Å²) in [5, 5.41) is 0. The summed E-state index contributed by atoms with van der Waals surface area (Å²) >= 11 is 0. The Balaban J connectivity index is 1.94. The lowest BCUT2D eigenvalue weighted by Crippen LogP contribution is -2.55. The van der Waals surface area contributed by atoms with E-state index < -0.39 is 0 Å². The summed E-state index contributed by atoms with van der Waals surface area (Å²) in [5.74, 6) is 0.302. The van der Waals surface area contributed by atoms with Gasteiger partial charge in [0, 0.05) is 25.2 Å². The number of carbonyl (C=O) groups is 1. The summed E-state index contributed by atoms with van der Waals surface area (Å²) in [4.78, 5) is 16.9. The third-order valence-electron chi connectivity index (χ3n) is 5.56. The van der Waals surface area contributed by atoms with Crippen LogP contribution in [0.3, 0.4) is 0 Å². The molecule has 122 valence electrons. The van der Waals surface area contributed by atoms with Crippen LogP contribution in [0.4, 0.5) is 0 Å². The Morgan fingerprint density at radius 3 is 2.05 bits per heavy atom. The topological polar surface area (TPSA) is 49.6 Å². The molecule has 0 spiro atoms. The summed E-state index contributed by atoms with van der Waals surface area (Å²) in [6.07, 6.45) is 12.3. The van der Waals surface area contributed by atoms with Crippen molar-refractivity contribution in [2.24, 2.45) is 5.73 Å². The normalized spacial score (nSPS) is 23.7. The molecular formula is C17H33N3O. The molecule has 4 nitrogen and oxygen atoms in total. The second-order valence-electron chi connectivity index (χ2n) is 6.99. The molecule has 21 heavy (non-hydrogen) atoms. The highest BCUT2D eigenvalue weighted by Gasteiger charge is 2.35. The van der Waals surface area contributed by atoms with Gasteiger partial charge in [-0.3, -0.25) is 9.69 Å². The van der Waals surface area contributed by atoms with Crippen LogP contribution in [-0.2, 0) is 4.79 Å². The first-order valence-corrected chi connectivity index (χ1v) is 8.87. The Kier molecular flexibility index (Phi) is 6.49. The van der Waals surface area contributed by atoms with E-state index in [0.29, 0.717) is 19.0 Å². The molecule has 0 bridgehead atoms. The number of amides is 1. The van der Waals surface area contributed by atoms with Crippen molar-refractivity contribution in [2.45, 2.75) is 69.7 Å². The quantitative estimate of drug-likeness (QED) is 0.810. The van der Waals surface area contributed by atoms with Crippen LogP contribution < -0.4 is 5.73 Å². The van der Waals surface area contributed by atoms with Gasteiger partial charge in [-0.2, -0.15) is 0 Å². The molecule has 1 aliphatic carbocycles. The lowest BCUT2D eigenvalue weighted by atomic mass is 9.88. The monoisotopic (exact) mass is 295 g/mol. The predicted molar refractivity (Wildman–Crippen MR) is 87.2 cm³/mol. The van der Waals surface area contributed by atoms with Crippen molar-refractivity contribution in [3.8, 4) is 0 Å². The van der Waals surface area contributed by atoms with Crippen LogP contribution in [0.2, 0.25) is 0 Å².